The molecule has 7 rings (SSSR count). The van der Waals surface area contributed by atoms with Gasteiger partial charge in [-0.1, -0.05) is 0 Å². The van der Waals surface area contributed by atoms with Gasteiger partial charge >= 0.3 is 5.69 Å². The number of aromatic amines is 2. The first-order valence-corrected chi connectivity index (χ1v) is 8.65. The van der Waals surface area contributed by atoms with Crippen LogP contribution in [0.25, 0.3) is 22.2 Å². The number of pyridine rings is 1. The molecule has 23 heavy (non-hydrogen) atoms. The topological polar surface area (TPSA) is 79.4 Å². The van der Waals surface area contributed by atoms with Crippen LogP contribution in [0.2, 0.25) is 0 Å². The van der Waals surface area contributed by atoms with Crippen molar-refractivity contribution in [1.29, 1.82) is 0 Å². The minimum absolute atomic E-state index is 0.00266. The molecule has 4 bridgehead atoms. The molecule has 0 radical (unpaired) electrons. The number of aromatic nitrogens is 5. The first kappa shape index (κ1) is 12.3. The lowest BCUT2D eigenvalue weighted by atomic mass is 9.53. The van der Waals surface area contributed by atoms with E-state index in [1.54, 1.807) is 12.5 Å². The van der Waals surface area contributed by atoms with E-state index in [1.807, 2.05) is 0 Å². The maximum Gasteiger partial charge on any atom is 0.327 e. The summed E-state index contributed by atoms with van der Waals surface area (Å²) < 4.78 is 2.07. The molecule has 0 unspecified atom stereocenters. The van der Waals surface area contributed by atoms with Crippen LogP contribution in [0.1, 0.15) is 38.5 Å². The van der Waals surface area contributed by atoms with Crippen LogP contribution >= 0.6 is 0 Å². The molecule has 4 saturated carbocycles. The molecule has 2 N–H and O–H groups in total. The Morgan fingerprint density at radius 3 is 2.48 bits per heavy atom. The maximum atomic E-state index is 12.9. The van der Waals surface area contributed by atoms with E-state index in [9.17, 15) is 4.79 Å². The SMILES string of the molecule is O=c1[nH]c2cnc3[nH]cnc3c2n1C12CC3CC(CC(C3)C1)C2. The second-order valence-electron chi connectivity index (χ2n) is 8.03. The molecule has 3 heterocycles. The molecule has 118 valence electrons. The molecular formula is C17H19N5O. The van der Waals surface area contributed by atoms with Gasteiger partial charge in [0.25, 0.3) is 0 Å². The zero-order chi connectivity index (χ0) is 15.2. The van der Waals surface area contributed by atoms with Crippen LogP contribution in [0.4, 0.5) is 0 Å². The van der Waals surface area contributed by atoms with Gasteiger partial charge in [-0.2, -0.15) is 0 Å². The van der Waals surface area contributed by atoms with Crippen molar-refractivity contribution in [1.82, 2.24) is 24.5 Å². The predicted molar refractivity (Wildman–Crippen MR) is 86.2 cm³/mol. The maximum absolute atomic E-state index is 12.9. The lowest BCUT2D eigenvalue weighted by molar-refractivity contribution is -0.0424. The summed E-state index contributed by atoms with van der Waals surface area (Å²) in [5.41, 5.74) is 3.34. The van der Waals surface area contributed by atoms with Gasteiger partial charge in [0.05, 0.1) is 23.6 Å². The fourth-order valence-corrected chi connectivity index (χ4v) is 6.26. The lowest BCUT2D eigenvalue weighted by Crippen LogP contribution is -2.54. The Labute approximate surface area is 132 Å². The van der Waals surface area contributed by atoms with Crippen molar-refractivity contribution >= 4 is 22.2 Å². The van der Waals surface area contributed by atoms with Crippen molar-refractivity contribution < 1.29 is 0 Å². The summed E-state index contributed by atoms with van der Waals surface area (Å²) >= 11 is 0. The normalized spacial score (nSPS) is 35.6. The monoisotopic (exact) mass is 309 g/mol. The van der Waals surface area contributed by atoms with E-state index in [4.69, 9.17) is 0 Å². The van der Waals surface area contributed by atoms with Crippen LogP contribution in [0.3, 0.4) is 0 Å². The van der Waals surface area contributed by atoms with Gasteiger partial charge in [-0.15, -0.1) is 0 Å². The van der Waals surface area contributed by atoms with E-state index >= 15 is 0 Å². The molecule has 4 aliphatic rings. The Kier molecular flexibility index (Phi) is 2.07. The van der Waals surface area contributed by atoms with Gasteiger partial charge in [0.2, 0.25) is 0 Å². The highest BCUT2D eigenvalue weighted by atomic mass is 16.1. The molecule has 3 aromatic heterocycles. The summed E-state index contributed by atoms with van der Waals surface area (Å²) in [6.07, 6.45) is 11.0. The average molecular weight is 309 g/mol. The van der Waals surface area contributed by atoms with Gasteiger partial charge in [-0.25, -0.2) is 14.8 Å². The summed E-state index contributed by atoms with van der Waals surface area (Å²) in [5, 5.41) is 0. The number of nitrogens with zero attached hydrogens (tertiary/aromatic N) is 3. The second kappa shape index (κ2) is 3.86. The molecule has 0 aromatic carbocycles. The van der Waals surface area contributed by atoms with E-state index in [1.165, 1.54) is 19.3 Å². The molecule has 6 heteroatoms. The summed E-state index contributed by atoms with van der Waals surface area (Å²) in [5.74, 6) is 2.40. The first-order valence-electron chi connectivity index (χ1n) is 8.65. The molecule has 4 fully saturated rings. The highest BCUT2D eigenvalue weighted by Crippen LogP contribution is 2.59. The number of H-pyrrole nitrogens is 2. The minimum Gasteiger partial charge on any atom is -0.329 e. The summed E-state index contributed by atoms with van der Waals surface area (Å²) in [6.45, 7) is 0. The van der Waals surface area contributed by atoms with Crippen LogP contribution in [-0.4, -0.2) is 24.5 Å². The smallest absolute Gasteiger partial charge is 0.327 e. The Balaban J connectivity index is 1.69. The van der Waals surface area contributed by atoms with E-state index in [0.717, 1.165) is 59.2 Å². The quantitative estimate of drug-likeness (QED) is 0.725. The van der Waals surface area contributed by atoms with Crippen molar-refractivity contribution in [2.75, 3.05) is 0 Å². The standard InChI is InChI=1S/C17H19N5O/c23-16-21-12-7-18-15-13(19-8-20-15)14(12)22(16)17-4-9-1-10(5-17)3-11(2-9)6-17/h7-11H,1-6H2,(H,21,23)(H,18,19,20). The fraction of sp³-hybridized carbons (Fsp3) is 0.588. The third kappa shape index (κ3) is 1.47. The fourth-order valence-electron chi connectivity index (χ4n) is 6.26. The molecule has 3 aromatic rings. The third-order valence-corrected chi connectivity index (χ3v) is 6.57. The van der Waals surface area contributed by atoms with E-state index in [0.29, 0.717) is 0 Å². The van der Waals surface area contributed by atoms with Crippen LogP contribution in [0.5, 0.6) is 0 Å². The number of fused-ring (bicyclic) bond motifs is 3. The molecular weight excluding hydrogens is 290 g/mol. The largest absolute Gasteiger partial charge is 0.329 e. The molecule has 0 saturated heterocycles. The number of imidazole rings is 2. The number of rotatable bonds is 1. The number of nitrogens with one attached hydrogen (secondary N) is 2. The van der Waals surface area contributed by atoms with E-state index in [2.05, 4.69) is 24.5 Å². The molecule has 0 aliphatic heterocycles. The van der Waals surface area contributed by atoms with Gasteiger partial charge in [-0.3, -0.25) is 4.57 Å². The third-order valence-electron chi connectivity index (χ3n) is 6.57. The highest BCUT2D eigenvalue weighted by molar-refractivity contribution is 5.98. The number of hydrogen-bond acceptors (Lipinski definition) is 3. The van der Waals surface area contributed by atoms with Gasteiger partial charge in [-0.05, 0) is 56.3 Å². The predicted octanol–water partition coefficient (Wildman–Crippen LogP) is 2.53. The van der Waals surface area contributed by atoms with Crippen LogP contribution in [0.15, 0.2) is 17.3 Å². The van der Waals surface area contributed by atoms with Crippen LogP contribution < -0.4 is 5.69 Å². The highest BCUT2D eigenvalue weighted by Gasteiger charge is 2.53. The van der Waals surface area contributed by atoms with Gasteiger partial charge in [0.1, 0.15) is 11.0 Å². The average Bonchev–Trinajstić information content (AvgIpc) is 3.08. The Hall–Kier alpha value is -2.11. The summed E-state index contributed by atoms with van der Waals surface area (Å²) in [7, 11) is 0. The summed E-state index contributed by atoms with van der Waals surface area (Å²) in [6, 6.07) is 0. The zero-order valence-electron chi connectivity index (χ0n) is 12.9. The first-order chi connectivity index (χ1) is 11.2. The van der Waals surface area contributed by atoms with Crippen molar-refractivity contribution in [3.63, 3.8) is 0 Å². The molecule has 4 aliphatic carbocycles. The Morgan fingerprint density at radius 1 is 1.09 bits per heavy atom. The van der Waals surface area contributed by atoms with Crippen LogP contribution in [0, 0.1) is 17.8 Å². The van der Waals surface area contributed by atoms with E-state index in [-0.39, 0.29) is 11.2 Å². The Bertz CT molecular complexity index is 958. The molecule has 0 spiro atoms. The zero-order valence-corrected chi connectivity index (χ0v) is 12.9. The van der Waals surface area contributed by atoms with Crippen molar-refractivity contribution in [2.24, 2.45) is 17.8 Å². The van der Waals surface area contributed by atoms with Gasteiger partial charge in [0, 0.05) is 0 Å². The van der Waals surface area contributed by atoms with Crippen molar-refractivity contribution in [3.05, 3.63) is 23.0 Å². The number of hydrogen-bond donors (Lipinski definition) is 2. The van der Waals surface area contributed by atoms with Gasteiger partial charge < -0.3 is 9.97 Å². The van der Waals surface area contributed by atoms with Crippen molar-refractivity contribution in [2.45, 2.75) is 44.1 Å². The molecule has 0 amide bonds. The molecule has 0 atom stereocenters. The van der Waals surface area contributed by atoms with Crippen molar-refractivity contribution in [3.8, 4) is 0 Å². The van der Waals surface area contributed by atoms with E-state index < -0.39 is 0 Å². The van der Waals surface area contributed by atoms with Gasteiger partial charge in [0.15, 0.2) is 5.65 Å². The minimum atomic E-state index is -0.00266. The second-order valence-corrected chi connectivity index (χ2v) is 8.03. The lowest BCUT2D eigenvalue weighted by Gasteiger charge is -2.57. The summed E-state index contributed by atoms with van der Waals surface area (Å²) in [4.78, 5) is 27.8. The molecule has 6 nitrogen and oxygen atoms in total. The van der Waals surface area contributed by atoms with Crippen LogP contribution in [-0.2, 0) is 5.54 Å². The Morgan fingerprint density at radius 2 is 1.78 bits per heavy atom.